The smallest absolute Gasteiger partial charge is 0.342 e. The summed E-state index contributed by atoms with van der Waals surface area (Å²) in [5, 5.41) is 22.3. The maximum atomic E-state index is 13.4. The highest BCUT2D eigenvalue weighted by molar-refractivity contribution is 6.10. The monoisotopic (exact) mass is 573 g/mol. The number of aliphatic hydroxyl groups is 2. The molecule has 0 aliphatic carbocycles. The number of hydrogen-bond donors (Lipinski definition) is 3. The average Bonchev–Trinajstić information content (AvgIpc) is 3.41. The van der Waals surface area contributed by atoms with Crippen molar-refractivity contribution in [3.8, 4) is 17.1 Å². The van der Waals surface area contributed by atoms with Gasteiger partial charge in [-0.15, -0.1) is 0 Å². The molecule has 3 N–H and O–H groups in total. The number of benzene rings is 3. The minimum absolute atomic E-state index is 0.156. The molecule has 0 bridgehead atoms. The topological polar surface area (TPSA) is 118 Å². The molecule has 0 saturated carbocycles. The van der Waals surface area contributed by atoms with Crippen molar-refractivity contribution in [1.82, 2.24) is 5.32 Å². The highest BCUT2D eigenvalue weighted by Crippen LogP contribution is 2.39. The number of fused-ring (bicyclic) bond motifs is 1. The Labute approximate surface area is 246 Å². The lowest BCUT2D eigenvalue weighted by molar-refractivity contribution is -0.122. The van der Waals surface area contributed by atoms with Crippen molar-refractivity contribution in [2.75, 3.05) is 26.9 Å². The van der Waals surface area contributed by atoms with Crippen LogP contribution in [0.4, 0.5) is 0 Å². The molecule has 8 nitrogen and oxygen atoms in total. The van der Waals surface area contributed by atoms with Crippen LogP contribution in [0.3, 0.4) is 0 Å². The van der Waals surface area contributed by atoms with E-state index in [2.05, 4.69) is 5.32 Å². The van der Waals surface area contributed by atoms with Gasteiger partial charge in [0.25, 0.3) is 0 Å². The molecule has 1 atom stereocenters. The molecule has 222 valence electrons. The normalized spacial score (nSPS) is 11.8. The number of carbonyl (C=O) groups is 2. The van der Waals surface area contributed by atoms with Gasteiger partial charge in [0, 0.05) is 24.0 Å². The molecule has 0 aliphatic heterocycles. The first-order chi connectivity index (χ1) is 20.5. The van der Waals surface area contributed by atoms with Gasteiger partial charge in [-0.3, -0.25) is 4.79 Å². The summed E-state index contributed by atoms with van der Waals surface area (Å²) in [4.78, 5) is 26.2. The molecule has 4 rings (SSSR count). The van der Waals surface area contributed by atoms with Gasteiger partial charge < -0.3 is 29.4 Å². The van der Waals surface area contributed by atoms with Crippen molar-refractivity contribution < 1.29 is 33.7 Å². The van der Waals surface area contributed by atoms with Gasteiger partial charge in [-0.1, -0.05) is 67.1 Å². The predicted octanol–water partition coefficient (Wildman–Crippen LogP) is 5.47. The molecule has 1 amide bonds. The Balaban J connectivity index is 1.54. The fraction of sp³-hybridized carbons (Fsp3) is 0.353. The minimum Gasteiger partial charge on any atom is -0.493 e. The first kappa shape index (κ1) is 30.8. The quantitative estimate of drug-likeness (QED) is 0.120. The molecule has 1 aromatic heterocycles. The Kier molecular flexibility index (Phi) is 11.6. The van der Waals surface area contributed by atoms with E-state index in [0.717, 1.165) is 36.0 Å². The highest BCUT2D eigenvalue weighted by Gasteiger charge is 2.26. The minimum atomic E-state index is -0.488. The van der Waals surface area contributed by atoms with Crippen LogP contribution in [0, 0.1) is 0 Å². The fourth-order valence-electron chi connectivity index (χ4n) is 4.94. The Morgan fingerprint density at radius 2 is 1.62 bits per heavy atom. The zero-order valence-electron chi connectivity index (χ0n) is 24.0. The summed E-state index contributed by atoms with van der Waals surface area (Å²) in [7, 11) is 1.54. The number of aliphatic hydroxyl groups excluding tert-OH is 2. The van der Waals surface area contributed by atoms with Gasteiger partial charge in [0.2, 0.25) is 5.91 Å². The number of amides is 1. The number of aryl methyl sites for hydroxylation is 1. The van der Waals surface area contributed by atoms with Crippen molar-refractivity contribution in [3.63, 3.8) is 0 Å². The second-order valence-corrected chi connectivity index (χ2v) is 10.3. The number of esters is 1. The van der Waals surface area contributed by atoms with Gasteiger partial charge >= 0.3 is 5.97 Å². The van der Waals surface area contributed by atoms with Crippen molar-refractivity contribution in [2.45, 2.75) is 51.0 Å². The van der Waals surface area contributed by atoms with Crippen LogP contribution in [0.25, 0.3) is 22.3 Å². The van der Waals surface area contributed by atoms with Gasteiger partial charge in [-0.2, -0.15) is 0 Å². The van der Waals surface area contributed by atoms with E-state index in [9.17, 15) is 14.7 Å². The molecule has 4 aromatic rings. The van der Waals surface area contributed by atoms with Crippen LogP contribution in [-0.4, -0.2) is 55.1 Å². The van der Waals surface area contributed by atoms with Crippen molar-refractivity contribution in [1.29, 1.82) is 0 Å². The van der Waals surface area contributed by atoms with Crippen molar-refractivity contribution >= 4 is 22.8 Å². The fourth-order valence-corrected chi connectivity index (χ4v) is 4.94. The summed E-state index contributed by atoms with van der Waals surface area (Å²) in [6.07, 6.45) is 4.28. The number of ether oxygens (including phenoxy) is 2. The summed E-state index contributed by atoms with van der Waals surface area (Å²) < 4.78 is 17.5. The molecule has 0 spiro atoms. The first-order valence-electron chi connectivity index (χ1n) is 14.4. The zero-order valence-corrected chi connectivity index (χ0v) is 24.0. The van der Waals surface area contributed by atoms with Gasteiger partial charge in [-0.05, 0) is 55.4 Å². The molecule has 3 aromatic carbocycles. The molecule has 42 heavy (non-hydrogen) atoms. The standard InChI is InChI=1S/C34H39NO7/c1-40-29-22-25(16-17-30(38)35-27(23-37)20-24-12-6-4-7-13-24)21-28-31(34(39)41-19-11-3-2-10-18-36)32(42-33(28)29)26-14-8-5-9-15-26/h4-9,12-15,21-22,27,36-37H,2-3,10-11,16-20,23H2,1H3,(H,35,38)/t27-/m0/s1. The SMILES string of the molecule is COc1cc(CCC(=O)N[C@H](CO)Cc2ccccc2)cc2c(C(=O)OCCCCCCO)c(-c3ccccc3)oc12. The van der Waals surface area contributed by atoms with Crippen molar-refractivity contribution in [3.05, 3.63) is 89.5 Å². The Morgan fingerprint density at radius 3 is 2.31 bits per heavy atom. The number of methoxy groups -OCH3 is 1. The Bertz CT molecular complexity index is 1430. The van der Waals surface area contributed by atoms with E-state index in [1.807, 2.05) is 72.8 Å². The van der Waals surface area contributed by atoms with Crippen LogP contribution in [0.2, 0.25) is 0 Å². The predicted molar refractivity (Wildman–Crippen MR) is 162 cm³/mol. The Morgan fingerprint density at radius 1 is 0.905 bits per heavy atom. The lowest BCUT2D eigenvalue weighted by atomic mass is 10.0. The van der Waals surface area contributed by atoms with Gasteiger partial charge in [0.05, 0.1) is 26.4 Å². The van der Waals surface area contributed by atoms with E-state index in [4.69, 9.17) is 19.0 Å². The lowest BCUT2D eigenvalue weighted by Crippen LogP contribution is -2.39. The van der Waals surface area contributed by atoms with Crippen LogP contribution in [-0.2, 0) is 22.4 Å². The third-order valence-corrected chi connectivity index (χ3v) is 7.11. The second-order valence-electron chi connectivity index (χ2n) is 10.3. The van der Waals surface area contributed by atoms with Crippen LogP contribution in [0.5, 0.6) is 5.75 Å². The summed E-state index contributed by atoms with van der Waals surface area (Å²) in [6.45, 7) is 0.254. The van der Waals surface area contributed by atoms with E-state index in [1.165, 1.54) is 7.11 Å². The van der Waals surface area contributed by atoms with Gasteiger partial charge in [-0.25, -0.2) is 4.79 Å². The first-order valence-corrected chi connectivity index (χ1v) is 14.4. The van der Waals surface area contributed by atoms with Crippen LogP contribution in [0.1, 0.15) is 53.6 Å². The number of hydrogen-bond acceptors (Lipinski definition) is 7. The molecule has 1 heterocycles. The Hall–Kier alpha value is -4.14. The maximum absolute atomic E-state index is 13.4. The van der Waals surface area contributed by atoms with E-state index in [-0.39, 0.29) is 38.2 Å². The molecule has 0 saturated heterocycles. The summed E-state index contributed by atoms with van der Waals surface area (Å²) >= 11 is 0. The molecule has 0 aliphatic rings. The molecule has 8 heteroatoms. The lowest BCUT2D eigenvalue weighted by Gasteiger charge is -2.16. The zero-order chi connectivity index (χ0) is 29.7. The summed E-state index contributed by atoms with van der Waals surface area (Å²) in [5.41, 5.74) is 3.32. The molecular weight excluding hydrogens is 534 g/mol. The number of nitrogens with one attached hydrogen (secondary N) is 1. The largest absolute Gasteiger partial charge is 0.493 e. The third kappa shape index (κ3) is 8.21. The van der Waals surface area contributed by atoms with Crippen LogP contribution in [0.15, 0.2) is 77.2 Å². The molecular formula is C34H39NO7. The van der Waals surface area contributed by atoms with E-state index < -0.39 is 5.97 Å². The average molecular weight is 574 g/mol. The van der Waals surface area contributed by atoms with Crippen molar-refractivity contribution in [2.24, 2.45) is 0 Å². The number of unbranched alkanes of at least 4 members (excludes halogenated alkanes) is 3. The third-order valence-electron chi connectivity index (χ3n) is 7.11. The van der Waals surface area contributed by atoms with E-state index >= 15 is 0 Å². The van der Waals surface area contributed by atoms with Gasteiger partial charge in [0.15, 0.2) is 11.3 Å². The van der Waals surface area contributed by atoms with Crippen LogP contribution < -0.4 is 10.1 Å². The molecule has 0 radical (unpaired) electrons. The number of carbonyl (C=O) groups excluding carboxylic acids is 2. The molecule has 0 fully saturated rings. The van der Waals surface area contributed by atoms with Crippen LogP contribution >= 0.6 is 0 Å². The summed E-state index contributed by atoms with van der Waals surface area (Å²) in [5.74, 6) is 0.191. The number of furan rings is 1. The van der Waals surface area contributed by atoms with E-state index in [1.54, 1.807) is 0 Å². The van der Waals surface area contributed by atoms with Gasteiger partial charge in [0.1, 0.15) is 11.3 Å². The maximum Gasteiger partial charge on any atom is 0.342 e. The second kappa shape index (κ2) is 15.7. The van der Waals surface area contributed by atoms with E-state index in [0.29, 0.717) is 47.3 Å². The molecule has 0 unspecified atom stereocenters. The summed E-state index contributed by atoms with van der Waals surface area (Å²) in [6, 6.07) is 22.4. The number of rotatable bonds is 16. The highest BCUT2D eigenvalue weighted by atomic mass is 16.5.